The van der Waals surface area contributed by atoms with E-state index >= 15 is 0 Å². The fraction of sp³-hybridized carbons (Fsp3) is 0.231. The fourth-order valence-electron chi connectivity index (χ4n) is 16.1. The van der Waals surface area contributed by atoms with Crippen LogP contribution in [0.25, 0.3) is 31.3 Å². The Morgan fingerprint density at radius 3 is 1.40 bits per heavy atom. The van der Waals surface area contributed by atoms with E-state index in [2.05, 4.69) is 125 Å². The van der Waals surface area contributed by atoms with E-state index in [9.17, 15) is 33.6 Å². The van der Waals surface area contributed by atoms with E-state index in [4.69, 9.17) is 4.74 Å². The van der Waals surface area contributed by atoms with Gasteiger partial charge in [-0.05, 0) is 149 Å². The average Bonchev–Trinajstić information content (AvgIpc) is 0.763. The zero-order valence-corrected chi connectivity index (χ0v) is 72.5. The van der Waals surface area contributed by atoms with E-state index in [1.165, 1.54) is 22.4 Å². The minimum absolute atomic E-state index is 0.0604. The smallest absolute Gasteiger partial charge is 0.230 e. The molecule has 12 heteroatoms. The molecule has 1 saturated heterocycles. The molecule has 1 aliphatic carbocycles. The Morgan fingerprint density at radius 2 is 0.925 bits per heavy atom. The zero-order valence-electron chi connectivity index (χ0n) is 70.8. The molecule has 1 aromatic heterocycles. The third-order valence-electron chi connectivity index (χ3n) is 22.9. The number of aliphatic hydroxyl groups is 1. The lowest BCUT2D eigenvalue weighted by Crippen LogP contribution is -2.49. The van der Waals surface area contributed by atoms with Crippen molar-refractivity contribution in [3.05, 3.63) is 422 Å². The van der Waals surface area contributed by atoms with Gasteiger partial charge in [-0.1, -0.05) is 367 Å². The van der Waals surface area contributed by atoms with E-state index in [1.54, 1.807) is 47.7 Å². The van der Waals surface area contributed by atoms with E-state index in [1.807, 2.05) is 257 Å². The maximum Gasteiger partial charge on any atom is 0.230 e. The van der Waals surface area contributed by atoms with Gasteiger partial charge in [-0.3, -0.25) is 24.0 Å². The van der Waals surface area contributed by atoms with Crippen molar-refractivity contribution >= 4 is 77.8 Å². The van der Waals surface area contributed by atoms with Crippen LogP contribution in [0.3, 0.4) is 0 Å². The standard InChI is InChI=1S/C25H36N2O.C22H21O2P.C19H14O.C16H14OS.C13H16O2.C13H10O/c1-6-25(26(4)5,19-22-9-7-20(2)8-10-22)21(3)23-11-13-24(14-12-23)27-15-17-28-18-16-27;1-16-14-17(2)21(18(3)15-16)22(23)25(24,19-10-6-4-7-11-19)20-12-8-5-9-13-20;20-19(17-9-5-2-6-10-17)18-13-11-16(12-14-18)15-7-3-1-4-8-15;1-10(2)11-7-5-9-14-15(11)16(17)12-6-3-4-8-13(12)18-14;14-12(11-7-3-1-4-8-11)13(15)9-5-2-6-10-13;14-13(11-7-3-1-4-8-11)12-9-5-2-6-10-12/h7-14,21H,6,15-19H2,1-5H3;4-15H,1-3H3;1-14H;3-10H,1-2H3;1,3-4,7-8,15H,2,5-6,9-10H2;1-10H. The number of Topliss-reactive ketones (excluding diaryl/α,β-unsaturated/α-hetero) is 1. The van der Waals surface area contributed by atoms with Gasteiger partial charge in [0.15, 0.2) is 22.8 Å². The normalized spacial score (nSPS) is 13.6. The third-order valence-corrected chi connectivity index (χ3v) is 26.9. The summed E-state index contributed by atoms with van der Waals surface area (Å²) < 4.78 is 21.8. The lowest BCUT2D eigenvalue weighted by atomic mass is 9.73. The van der Waals surface area contributed by atoms with Gasteiger partial charge in [-0.25, -0.2) is 0 Å². The summed E-state index contributed by atoms with van der Waals surface area (Å²) in [5.74, 6) is 0.835. The molecule has 16 rings (SSSR count). The number of benzene rings is 13. The molecular weight excluding hydrogens is 1520 g/mol. The highest BCUT2D eigenvalue weighted by molar-refractivity contribution is 7.93. The molecule has 13 aromatic carbocycles. The maximum absolute atomic E-state index is 14.2. The number of hydrogen-bond donors (Lipinski definition) is 1. The molecular formula is C108H111N2O8PS. The molecule has 2 fully saturated rings. The molecule has 14 aromatic rings. The minimum atomic E-state index is -3.44. The number of anilines is 1. The maximum atomic E-state index is 14.2. The second kappa shape index (κ2) is 42.8. The summed E-state index contributed by atoms with van der Waals surface area (Å²) in [6, 6.07) is 109. The molecule has 0 amide bonds. The van der Waals surface area contributed by atoms with Crippen LogP contribution in [0.5, 0.6) is 0 Å². The lowest BCUT2D eigenvalue weighted by Gasteiger charge is -2.45. The van der Waals surface area contributed by atoms with E-state index < -0.39 is 12.7 Å². The highest BCUT2D eigenvalue weighted by Crippen LogP contribution is 2.48. The van der Waals surface area contributed by atoms with Gasteiger partial charge in [0.2, 0.25) is 12.7 Å². The van der Waals surface area contributed by atoms with Crippen LogP contribution >= 0.6 is 18.5 Å². The number of carbonyl (C=O) groups is 4. The van der Waals surface area contributed by atoms with Gasteiger partial charge in [0.25, 0.3) is 0 Å². The van der Waals surface area contributed by atoms with Gasteiger partial charge in [-0.2, -0.15) is 0 Å². The molecule has 2 aliphatic rings. The van der Waals surface area contributed by atoms with Crippen molar-refractivity contribution < 1.29 is 33.6 Å². The van der Waals surface area contributed by atoms with Crippen molar-refractivity contribution in [2.45, 2.75) is 123 Å². The van der Waals surface area contributed by atoms with E-state index in [0.29, 0.717) is 46.4 Å². The monoisotopic (exact) mass is 1630 g/mol. The lowest BCUT2D eigenvalue weighted by molar-refractivity contribution is 0.0116. The van der Waals surface area contributed by atoms with Gasteiger partial charge in [0.1, 0.15) is 5.60 Å². The van der Waals surface area contributed by atoms with Gasteiger partial charge in [0, 0.05) is 88.5 Å². The van der Waals surface area contributed by atoms with Crippen LogP contribution in [0, 0.1) is 27.7 Å². The molecule has 1 N–H and O–H groups in total. The molecule has 0 bridgehead atoms. The molecule has 10 nitrogen and oxygen atoms in total. The first-order chi connectivity index (χ1) is 58.0. The minimum Gasteiger partial charge on any atom is -0.382 e. The molecule has 120 heavy (non-hydrogen) atoms. The molecule has 2 heterocycles. The Kier molecular flexibility index (Phi) is 31.8. The first kappa shape index (κ1) is 89.1. The van der Waals surface area contributed by atoms with Crippen molar-refractivity contribution in [3.63, 3.8) is 0 Å². The number of morpholine rings is 1. The summed E-state index contributed by atoms with van der Waals surface area (Å²) in [5.41, 5.74) is 14.7. The van der Waals surface area contributed by atoms with Crippen molar-refractivity contribution in [2.24, 2.45) is 0 Å². The van der Waals surface area contributed by atoms with Crippen molar-refractivity contribution in [1.29, 1.82) is 0 Å². The van der Waals surface area contributed by atoms with Crippen molar-refractivity contribution in [2.75, 3.05) is 45.3 Å². The summed E-state index contributed by atoms with van der Waals surface area (Å²) in [7, 11) is 1.02. The number of fused-ring (bicyclic) bond motifs is 2. The topological polar surface area (TPSA) is 138 Å². The highest BCUT2D eigenvalue weighted by atomic mass is 32.1. The zero-order chi connectivity index (χ0) is 85.2. The Labute approximate surface area is 713 Å². The summed E-state index contributed by atoms with van der Waals surface area (Å²) in [6.45, 7) is 20.6. The SMILES string of the molecule is CC(C)c1cccc2sc3ccccc3c(=O)c12.CCC(Cc1ccc(C)cc1)(C(C)c1ccc(N2CCOCC2)cc1)N(C)C.Cc1cc(C)c(C(=O)P(=O)(c2ccccc2)c2ccccc2)c(C)c1.O=C(c1ccccc1)C1(O)CCCCC1.O=C(c1ccccc1)c1ccc(-c2ccccc2)cc1.O=C(c1ccccc1)c1ccccc1. The van der Waals surface area contributed by atoms with Crippen LogP contribution in [-0.4, -0.2) is 84.4 Å². The van der Waals surface area contributed by atoms with Crippen LogP contribution in [0.2, 0.25) is 0 Å². The van der Waals surface area contributed by atoms with Crippen LogP contribution in [0.15, 0.2) is 345 Å². The Balaban J connectivity index is 0.000000143. The summed E-state index contributed by atoms with van der Waals surface area (Å²) >= 11 is 1.70. The van der Waals surface area contributed by atoms with Gasteiger partial charge >= 0.3 is 0 Å². The number of aryl methyl sites for hydroxylation is 4. The molecule has 1 aliphatic heterocycles. The Hall–Kier alpha value is -11.7. The highest BCUT2D eigenvalue weighted by Gasteiger charge is 2.40. The number of ether oxygens (including phenoxy) is 1. The van der Waals surface area contributed by atoms with Gasteiger partial charge in [-0.15, -0.1) is 11.3 Å². The van der Waals surface area contributed by atoms with Crippen molar-refractivity contribution in [3.8, 4) is 11.1 Å². The molecule has 2 unspecified atom stereocenters. The van der Waals surface area contributed by atoms with Crippen LogP contribution < -0.4 is 20.9 Å². The van der Waals surface area contributed by atoms with Crippen LogP contribution in [0.4, 0.5) is 5.69 Å². The predicted molar refractivity (Wildman–Crippen MR) is 501 cm³/mol. The van der Waals surface area contributed by atoms with Crippen LogP contribution in [-0.2, 0) is 15.7 Å². The average molecular weight is 1630 g/mol. The summed E-state index contributed by atoms with van der Waals surface area (Å²) in [4.78, 5) is 67.2. The largest absolute Gasteiger partial charge is 0.382 e. The summed E-state index contributed by atoms with van der Waals surface area (Å²) in [5, 5.41) is 13.1. The quantitative estimate of drug-likeness (QED) is 0.0473. The van der Waals surface area contributed by atoms with Crippen LogP contribution in [0.1, 0.15) is 170 Å². The first-order valence-corrected chi connectivity index (χ1v) is 44.2. The van der Waals surface area contributed by atoms with Gasteiger partial charge in [0.05, 0.1) is 13.2 Å². The summed E-state index contributed by atoms with van der Waals surface area (Å²) in [6.07, 6.45) is 6.43. The number of hydrogen-bond acceptors (Lipinski definition) is 11. The number of carbonyl (C=O) groups excluding carboxylic acids is 4. The molecule has 2 atom stereocenters. The molecule has 1 saturated carbocycles. The van der Waals surface area contributed by atoms with E-state index in [-0.39, 0.29) is 33.8 Å². The second-order valence-corrected chi connectivity index (χ2v) is 35.3. The second-order valence-electron chi connectivity index (χ2n) is 31.6. The Bertz CT molecular complexity index is 5650. The van der Waals surface area contributed by atoms with E-state index in [0.717, 1.165) is 134 Å². The predicted octanol–water partition coefficient (Wildman–Crippen LogP) is 24.3. The number of ketones is 3. The number of rotatable bonds is 19. The first-order valence-electron chi connectivity index (χ1n) is 41.7. The third kappa shape index (κ3) is 22.4. The molecule has 0 radical (unpaired) electrons. The molecule has 0 spiro atoms. The van der Waals surface area contributed by atoms with Crippen molar-refractivity contribution in [1.82, 2.24) is 4.90 Å². The Morgan fingerprint density at radius 1 is 0.492 bits per heavy atom. The molecule has 612 valence electrons. The fourth-order valence-corrected chi connectivity index (χ4v) is 19.8. The number of likely N-dealkylation sites (N-methyl/N-ethyl adjacent to an activating group) is 1. The van der Waals surface area contributed by atoms with Gasteiger partial charge < -0.3 is 24.2 Å². The number of nitrogens with zero attached hydrogens (tertiary/aromatic N) is 2.